The molecule has 0 radical (unpaired) electrons. The van der Waals surface area contributed by atoms with E-state index in [4.69, 9.17) is 4.74 Å². The number of aromatic nitrogens is 1. The van der Waals surface area contributed by atoms with Crippen LogP contribution in [0, 0.1) is 11.6 Å². The number of hydrogen-bond acceptors (Lipinski definition) is 3. The molecule has 0 saturated heterocycles. The summed E-state index contributed by atoms with van der Waals surface area (Å²) in [7, 11) is 0. The first-order chi connectivity index (χ1) is 13.5. The van der Waals surface area contributed by atoms with E-state index in [1.54, 1.807) is 6.92 Å². The molecule has 1 heterocycles. The van der Waals surface area contributed by atoms with E-state index in [9.17, 15) is 18.4 Å². The topological polar surface area (TPSA) is 71.2 Å². The first-order valence-corrected chi connectivity index (χ1v) is 8.97. The van der Waals surface area contributed by atoms with Gasteiger partial charge in [-0.3, -0.25) is 4.79 Å². The number of carbonyl (C=O) groups excluding carboxylic acids is 2. The van der Waals surface area contributed by atoms with E-state index in [1.807, 2.05) is 30.3 Å². The fourth-order valence-corrected chi connectivity index (χ4v) is 2.93. The van der Waals surface area contributed by atoms with Crippen molar-refractivity contribution in [3.05, 3.63) is 71.4 Å². The summed E-state index contributed by atoms with van der Waals surface area (Å²) in [5.41, 5.74) is 1.43. The Labute approximate surface area is 160 Å². The Bertz CT molecular complexity index is 947. The lowest BCUT2D eigenvalue weighted by Gasteiger charge is -2.17. The number of esters is 1. The summed E-state index contributed by atoms with van der Waals surface area (Å²) in [6.45, 7) is 1.89. The Kier molecular flexibility index (Phi) is 6.03. The number of rotatable bonds is 7. The fraction of sp³-hybridized carbons (Fsp3) is 0.238. The highest BCUT2D eigenvalue weighted by Gasteiger charge is 2.23. The molecule has 1 atom stereocenters. The minimum atomic E-state index is -1.01. The van der Waals surface area contributed by atoms with Crippen molar-refractivity contribution in [3.63, 3.8) is 0 Å². The lowest BCUT2D eigenvalue weighted by molar-refractivity contribution is -0.145. The van der Waals surface area contributed by atoms with Crippen molar-refractivity contribution in [2.24, 2.45) is 0 Å². The molecule has 28 heavy (non-hydrogen) atoms. The van der Waals surface area contributed by atoms with Gasteiger partial charge in [0.25, 0.3) is 5.91 Å². The van der Waals surface area contributed by atoms with Crippen LogP contribution >= 0.6 is 0 Å². The standard InChI is InChI=1S/C21H20F2N2O3/c1-2-28-21(27)17(9-8-13-6-4-3-5-7-13)25-20(26)19-11-14-10-15(22)16(23)12-18(14)24-19/h3-7,10-12,17,24H,2,8-9H2,1H3,(H,25,26)/t17-/m0/s1. The van der Waals surface area contributed by atoms with E-state index < -0.39 is 29.6 Å². The molecule has 146 valence electrons. The third-order valence-electron chi connectivity index (χ3n) is 4.35. The lowest BCUT2D eigenvalue weighted by atomic mass is 10.1. The van der Waals surface area contributed by atoms with Gasteiger partial charge in [-0.2, -0.15) is 0 Å². The summed E-state index contributed by atoms with van der Waals surface area (Å²) >= 11 is 0. The number of amides is 1. The van der Waals surface area contributed by atoms with Gasteiger partial charge in [-0.05, 0) is 37.5 Å². The quantitative estimate of drug-likeness (QED) is 0.608. The van der Waals surface area contributed by atoms with Gasteiger partial charge in [-0.1, -0.05) is 30.3 Å². The molecule has 0 fully saturated rings. The lowest BCUT2D eigenvalue weighted by Crippen LogP contribution is -2.42. The molecule has 2 N–H and O–H groups in total. The van der Waals surface area contributed by atoms with E-state index in [1.165, 1.54) is 6.07 Å². The molecule has 0 aliphatic rings. The Morgan fingerprint density at radius 1 is 1.11 bits per heavy atom. The molecule has 0 bridgehead atoms. The normalized spacial score (nSPS) is 12.0. The molecule has 0 aliphatic carbocycles. The fourth-order valence-electron chi connectivity index (χ4n) is 2.93. The summed E-state index contributed by atoms with van der Waals surface area (Å²) in [6, 6.07) is 12.1. The summed E-state index contributed by atoms with van der Waals surface area (Å²) in [6.07, 6.45) is 0.936. The van der Waals surface area contributed by atoms with E-state index >= 15 is 0 Å². The van der Waals surface area contributed by atoms with Crippen LogP contribution in [0.5, 0.6) is 0 Å². The van der Waals surface area contributed by atoms with Crippen LogP contribution in [-0.2, 0) is 16.0 Å². The van der Waals surface area contributed by atoms with Gasteiger partial charge in [-0.15, -0.1) is 0 Å². The van der Waals surface area contributed by atoms with Crippen LogP contribution in [-0.4, -0.2) is 29.5 Å². The molecule has 7 heteroatoms. The highest BCUT2D eigenvalue weighted by Crippen LogP contribution is 2.19. The largest absolute Gasteiger partial charge is 0.464 e. The third-order valence-corrected chi connectivity index (χ3v) is 4.35. The van der Waals surface area contributed by atoms with Crippen molar-refractivity contribution in [1.82, 2.24) is 10.3 Å². The zero-order valence-electron chi connectivity index (χ0n) is 15.3. The number of nitrogens with one attached hydrogen (secondary N) is 2. The summed E-state index contributed by atoms with van der Waals surface area (Å²) in [4.78, 5) is 27.6. The first-order valence-electron chi connectivity index (χ1n) is 8.97. The molecule has 0 spiro atoms. The van der Waals surface area contributed by atoms with Crippen molar-refractivity contribution in [2.45, 2.75) is 25.8 Å². The van der Waals surface area contributed by atoms with Crippen LogP contribution in [0.1, 0.15) is 29.4 Å². The number of benzene rings is 2. The highest BCUT2D eigenvalue weighted by atomic mass is 19.2. The average molecular weight is 386 g/mol. The van der Waals surface area contributed by atoms with Crippen molar-refractivity contribution >= 4 is 22.8 Å². The Morgan fingerprint density at radius 3 is 2.54 bits per heavy atom. The average Bonchev–Trinajstić information content (AvgIpc) is 3.09. The second-order valence-electron chi connectivity index (χ2n) is 6.34. The Balaban J connectivity index is 1.75. The minimum Gasteiger partial charge on any atom is -0.464 e. The van der Waals surface area contributed by atoms with Gasteiger partial charge >= 0.3 is 5.97 Å². The van der Waals surface area contributed by atoms with Crippen LogP contribution in [0.4, 0.5) is 8.78 Å². The van der Waals surface area contributed by atoms with Crippen LogP contribution in [0.15, 0.2) is 48.5 Å². The maximum absolute atomic E-state index is 13.4. The van der Waals surface area contributed by atoms with Gasteiger partial charge in [0.15, 0.2) is 11.6 Å². The first kappa shape index (κ1) is 19.5. The molecular weight excluding hydrogens is 366 g/mol. The molecule has 0 unspecified atom stereocenters. The monoisotopic (exact) mass is 386 g/mol. The molecule has 5 nitrogen and oxygen atoms in total. The maximum Gasteiger partial charge on any atom is 0.328 e. The zero-order valence-corrected chi connectivity index (χ0v) is 15.3. The van der Waals surface area contributed by atoms with Gasteiger partial charge in [0.2, 0.25) is 0 Å². The van der Waals surface area contributed by atoms with E-state index in [0.717, 1.165) is 17.7 Å². The molecule has 0 saturated carbocycles. The van der Waals surface area contributed by atoms with Crippen molar-refractivity contribution in [1.29, 1.82) is 0 Å². The minimum absolute atomic E-state index is 0.106. The number of hydrogen-bond donors (Lipinski definition) is 2. The van der Waals surface area contributed by atoms with Crippen LogP contribution in [0.25, 0.3) is 10.9 Å². The molecule has 1 amide bonds. The maximum atomic E-state index is 13.4. The summed E-state index contributed by atoms with van der Waals surface area (Å²) < 4.78 is 31.8. The zero-order chi connectivity index (χ0) is 20.1. The molecule has 3 aromatic rings. The van der Waals surface area contributed by atoms with Gasteiger partial charge in [0.05, 0.1) is 6.61 Å². The predicted molar refractivity (Wildman–Crippen MR) is 101 cm³/mol. The van der Waals surface area contributed by atoms with E-state index in [0.29, 0.717) is 23.7 Å². The number of halogens is 2. The van der Waals surface area contributed by atoms with Gasteiger partial charge in [-0.25, -0.2) is 13.6 Å². The predicted octanol–water partition coefficient (Wildman–Crippen LogP) is 3.74. The number of ether oxygens (including phenoxy) is 1. The molecule has 1 aromatic heterocycles. The van der Waals surface area contributed by atoms with Gasteiger partial charge < -0.3 is 15.0 Å². The third kappa shape index (κ3) is 4.54. The number of aryl methyl sites for hydroxylation is 1. The highest BCUT2D eigenvalue weighted by molar-refractivity contribution is 5.99. The van der Waals surface area contributed by atoms with Crippen LogP contribution < -0.4 is 5.32 Å². The SMILES string of the molecule is CCOC(=O)[C@H](CCc1ccccc1)NC(=O)c1cc2cc(F)c(F)cc2[nH]1. The van der Waals surface area contributed by atoms with Crippen molar-refractivity contribution < 1.29 is 23.1 Å². The molecule has 0 aliphatic heterocycles. The Morgan fingerprint density at radius 2 is 1.82 bits per heavy atom. The molecular formula is C21H20F2N2O3. The van der Waals surface area contributed by atoms with Crippen LogP contribution in [0.3, 0.4) is 0 Å². The smallest absolute Gasteiger partial charge is 0.328 e. The van der Waals surface area contributed by atoms with Gasteiger partial charge in [0.1, 0.15) is 11.7 Å². The number of H-pyrrole nitrogens is 1. The van der Waals surface area contributed by atoms with Crippen LogP contribution in [0.2, 0.25) is 0 Å². The van der Waals surface area contributed by atoms with Crippen molar-refractivity contribution in [3.8, 4) is 0 Å². The Hall–Kier alpha value is -3.22. The van der Waals surface area contributed by atoms with Gasteiger partial charge in [0, 0.05) is 17.0 Å². The summed E-state index contributed by atoms with van der Waals surface area (Å²) in [5.74, 6) is -3.08. The number of fused-ring (bicyclic) bond motifs is 1. The van der Waals surface area contributed by atoms with E-state index in [2.05, 4.69) is 10.3 Å². The summed E-state index contributed by atoms with van der Waals surface area (Å²) in [5, 5.41) is 3.01. The molecule has 3 rings (SSSR count). The second kappa shape index (κ2) is 8.65. The van der Waals surface area contributed by atoms with E-state index in [-0.39, 0.29) is 12.3 Å². The number of aromatic amines is 1. The molecule has 2 aromatic carbocycles. The van der Waals surface area contributed by atoms with Crippen molar-refractivity contribution in [2.75, 3.05) is 6.61 Å². The second-order valence-corrected chi connectivity index (χ2v) is 6.34. The number of carbonyl (C=O) groups is 2.